The first-order valence-corrected chi connectivity index (χ1v) is 5.51. The molecule has 0 bridgehead atoms. The molecule has 8 nitrogen and oxygen atoms in total. The predicted octanol–water partition coefficient (Wildman–Crippen LogP) is 2.13. The highest BCUT2D eigenvalue weighted by atomic mass is 32.2. The molecule has 0 unspecified atom stereocenters. The van der Waals surface area contributed by atoms with E-state index in [9.17, 15) is 23.3 Å². The van der Waals surface area contributed by atoms with E-state index in [-0.39, 0.29) is 5.69 Å². The van der Waals surface area contributed by atoms with E-state index in [2.05, 4.69) is 4.98 Å². The van der Waals surface area contributed by atoms with Gasteiger partial charge in [-0.1, -0.05) is 0 Å². The first-order chi connectivity index (χ1) is 8.49. The number of alkyl halides is 3. The lowest BCUT2D eigenvalue weighted by molar-refractivity contribution is -0.384. The average Bonchev–Trinajstić information content (AvgIpc) is 2.27. The van der Waals surface area contributed by atoms with Crippen molar-refractivity contribution in [2.24, 2.45) is 0 Å². The van der Waals surface area contributed by atoms with Gasteiger partial charge in [0.05, 0.1) is 4.92 Å². The Morgan fingerprint density at radius 1 is 1.21 bits per heavy atom. The molecule has 0 aliphatic rings. The molecule has 1 aromatic carbocycles. The number of hydrogen-bond acceptors (Lipinski definition) is 6. The largest absolute Gasteiger partial charge is 0.741 e. The maximum atomic E-state index is 10.7. The van der Waals surface area contributed by atoms with E-state index in [0.717, 1.165) is 0 Å². The molecule has 1 rings (SSSR count). The number of hydrogen-bond donors (Lipinski definition) is 0. The Hall–Kier alpha value is -2.26. The van der Waals surface area contributed by atoms with Crippen molar-refractivity contribution in [2.45, 2.75) is 5.51 Å². The third-order valence-corrected chi connectivity index (χ3v) is 2.03. The highest BCUT2D eigenvalue weighted by Gasteiger charge is 2.36. The van der Waals surface area contributed by atoms with Gasteiger partial charge in [0.25, 0.3) is 5.69 Å². The van der Waals surface area contributed by atoms with Crippen LogP contribution in [0.25, 0.3) is 4.98 Å². The topological polar surface area (TPSA) is 128 Å². The molecule has 0 N–H and O–H groups in total. The van der Waals surface area contributed by atoms with Gasteiger partial charge >= 0.3 is 11.2 Å². The Bertz CT molecular complexity index is 590. The van der Waals surface area contributed by atoms with Crippen LogP contribution < -0.4 is 0 Å². The van der Waals surface area contributed by atoms with Crippen LogP contribution in [-0.4, -0.2) is 23.4 Å². The van der Waals surface area contributed by atoms with Crippen LogP contribution in [-0.2, 0) is 10.1 Å². The third-order valence-electron chi connectivity index (χ3n) is 1.46. The number of nitro groups is 1. The fourth-order valence-corrected chi connectivity index (χ4v) is 0.641. The summed E-state index contributed by atoms with van der Waals surface area (Å²) >= 11 is 0. The van der Waals surface area contributed by atoms with Crippen LogP contribution in [0.4, 0.5) is 24.5 Å². The second-order valence-corrected chi connectivity index (χ2v) is 4.14. The molecule has 0 spiro atoms. The summed E-state index contributed by atoms with van der Waals surface area (Å²) in [4.78, 5) is 12.4. The number of rotatable bonds is 1. The Labute approximate surface area is 104 Å². The molecule has 104 valence electrons. The summed E-state index contributed by atoms with van der Waals surface area (Å²) in [6.45, 7) is 0. The van der Waals surface area contributed by atoms with Gasteiger partial charge in [0, 0.05) is 24.3 Å². The zero-order valence-electron chi connectivity index (χ0n) is 8.73. The van der Waals surface area contributed by atoms with Crippen molar-refractivity contribution in [3.8, 4) is 0 Å². The van der Waals surface area contributed by atoms with Crippen LogP contribution in [0.2, 0.25) is 0 Å². The highest BCUT2D eigenvalue weighted by Crippen LogP contribution is 2.20. The van der Waals surface area contributed by atoms with E-state index in [0.29, 0.717) is 5.69 Å². The highest BCUT2D eigenvalue weighted by molar-refractivity contribution is 7.86. The Balaban J connectivity index is 0.000000362. The summed E-state index contributed by atoms with van der Waals surface area (Å²) in [6, 6.07) is 5.26. The van der Waals surface area contributed by atoms with Crippen LogP contribution >= 0.6 is 0 Å². The van der Waals surface area contributed by atoms with Crippen LogP contribution in [0.3, 0.4) is 0 Å². The molecule has 0 aromatic heterocycles. The van der Waals surface area contributed by atoms with E-state index in [1.165, 1.54) is 24.3 Å². The second-order valence-electron chi connectivity index (χ2n) is 2.77. The van der Waals surface area contributed by atoms with Crippen molar-refractivity contribution in [3.05, 3.63) is 39.4 Å². The number of diazo groups is 1. The molecule has 1 aromatic rings. The van der Waals surface area contributed by atoms with Gasteiger partial charge < -0.3 is 4.55 Å². The van der Waals surface area contributed by atoms with E-state index in [1.54, 1.807) is 0 Å². The van der Waals surface area contributed by atoms with Crippen LogP contribution in [0.1, 0.15) is 0 Å². The van der Waals surface area contributed by atoms with Crippen LogP contribution in [0, 0.1) is 15.5 Å². The maximum absolute atomic E-state index is 10.7. The molecule has 0 atom stereocenters. The standard InChI is InChI=1S/C6H4N3O2.CHF3O3S/c7-8-5-1-3-6(4-2-5)9(10)11;2-1(3,4)8(5,6)7/h1-4H;(H,5,6,7)/q+1;/p-1. The van der Waals surface area contributed by atoms with Crippen molar-refractivity contribution in [1.29, 1.82) is 5.39 Å². The van der Waals surface area contributed by atoms with Crippen LogP contribution in [0.5, 0.6) is 0 Å². The quantitative estimate of drug-likeness (QED) is 0.257. The average molecular weight is 299 g/mol. The first-order valence-electron chi connectivity index (χ1n) is 4.10. The van der Waals surface area contributed by atoms with Crippen LogP contribution in [0.15, 0.2) is 24.3 Å². The van der Waals surface area contributed by atoms with Crippen molar-refractivity contribution in [1.82, 2.24) is 0 Å². The molecule has 0 saturated heterocycles. The van der Waals surface area contributed by atoms with Crippen molar-refractivity contribution in [2.75, 3.05) is 0 Å². The fourth-order valence-electron chi connectivity index (χ4n) is 0.641. The second kappa shape index (κ2) is 6.07. The summed E-state index contributed by atoms with van der Waals surface area (Å²) in [7, 11) is -6.09. The zero-order valence-corrected chi connectivity index (χ0v) is 9.55. The summed E-state index contributed by atoms with van der Waals surface area (Å²) in [5.74, 6) is 0. The van der Waals surface area contributed by atoms with Gasteiger partial charge in [-0.3, -0.25) is 10.1 Å². The molecule has 19 heavy (non-hydrogen) atoms. The monoisotopic (exact) mass is 299 g/mol. The molecule has 0 saturated carbocycles. The normalized spacial score (nSPS) is 10.9. The number of nitrogens with zero attached hydrogens (tertiary/aromatic N) is 3. The van der Waals surface area contributed by atoms with Gasteiger partial charge in [-0.2, -0.15) is 13.2 Å². The molecule has 0 aliphatic carbocycles. The van der Waals surface area contributed by atoms with Gasteiger partial charge in [-0.05, 0) is 0 Å². The molecule has 0 fully saturated rings. The third kappa shape index (κ3) is 5.75. The van der Waals surface area contributed by atoms with E-state index < -0.39 is 20.5 Å². The molecule has 0 aliphatic heterocycles. The van der Waals surface area contributed by atoms with Gasteiger partial charge in [-0.25, -0.2) is 8.42 Å². The van der Waals surface area contributed by atoms with Crippen molar-refractivity contribution in [3.63, 3.8) is 0 Å². The SMILES string of the molecule is N#[N+]c1ccc([N+](=O)[O-])cc1.O=S(=O)([O-])C(F)(F)F. The van der Waals surface area contributed by atoms with Crippen molar-refractivity contribution < 1.29 is 31.1 Å². The lowest BCUT2D eigenvalue weighted by Gasteiger charge is -2.08. The molecule has 12 heteroatoms. The number of benzene rings is 1. The summed E-state index contributed by atoms with van der Waals surface area (Å²) in [6.07, 6.45) is 0. The smallest absolute Gasteiger partial charge is 0.485 e. The minimum absolute atomic E-state index is 0.0163. The summed E-state index contributed by atoms with van der Waals surface area (Å²) in [5, 5.41) is 18.3. The molecule has 0 heterocycles. The summed E-state index contributed by atoms with van der Waals surface area (Å²) < 4.78 is 58.9. The lowest BCUT2D eigenvalue weighted by atomic mass is 10.3. The molecule has 0 amide bonds. The Morgan fingerprint density at radius 3 is 1.79 bits per heavy atom. The van der Waals surface area contributed by atoms with E-state index in [1.807, 2.05) is 0 Å². The fraction of sp³-hybridized carbons (Fsp3) is 0.143. The maximum Gasteiger partial charge on any atom is 0.485 e. The first kappa shape index (κ1) is 16.7. The minimum Gasteiger partial charge on any atom is -0.741 e. The molecule has 0 radical (unpaired) electrons. The van der Waals surface area contributed by atoms with Crippen molar-refractivity contribution >= 4 is 21.5 Å². The molecular weight excluding hydrogens is 295 g/mol. The zero-order chi connectivity index (χ0) is 15.3. The number of nitro benzene ring substituents is 1. The number of halogens is 3. The van der Waals surface area contributed by atoms with Gasteiger partial charge in [0.15, 0.2) is 15.1 Å². The predicted molar refractivity (Wildman–Crippen MR) is 53.6 cm³/mol. The molecular formula is C7H4F3N3O5S. The van der Waals surface area contributed by atoms with E-state index >= 15 is 0 Å². The number of non-ortho nitro benzene ring substituents is 1. The Morgan fingerprint density at radius 2 is 1.58 bits per heavy atom. The van der Waals surface area contributed by atoms with Gasteiger partial charge in [-0.15, -0.1) is 0 Å². The van der Waals surface area contributed by atoms with E-state index in [4.69, 9.17) is 18.4 Å². The van der Waals surface area contributed by atoms with Gasteiger partial charge in [0.2, 0.25) is 5.39 Å². The lowest BCUT2D eigenvalue weighted by Crippen LogP contribution is -2.21. The summed E-state index contributed by atoms with van der Waals surface area (Å²) in [5.41, 5.74) is -5.36. The van der Waals surface area contributed by atoms with Gasteiger partial charge in [0.1, 0.15) is 0 Å². The Kier molecular flexibility index (Phi) is 5.35. The minimum atomic E-state index is -6.09.